The molecular weight excluding hydrogens is 891 g/mol. The van der Waals surface area contributed by atoms with Crippen LogP contribution in [0.2, 0.25) is 0 Å². The smallest absolute Gasteiger partial charge is 0.409 e. The summed E-state index contributed by atoms with van der Waals surface area (Å²) in [6, 6.07) is 34.9. The van der Waals surface area contributed by atoms with Crippen molar-refractivity contribution < 1.29 is 38.5 Å². The number of ether oxygens (including phenoxy) is 3. The van der Waals surface area contributed by atoms with Crippen LogP contribution in [0.5, 0.6) is 5.75 Å². The summed E-state index contributed by atoms with van der Waals surface area (Å²) in [6.45, 7) is 8.62. The van der Waals surface area contributed by atoms with Crippen LogP contribution < -0.4 is 15.4 Å². The second-order valence-electron chi connectivity index (χ2n) is 17.1. The molecule has 0 spiro atoms. The lowest BCUT2D eigenvalue weighted by Crippen LogP contribution is -2.55. The van der Waals surface area contributed by atoms with Crippen molar-refractivity contribution in [1.29, 1.82) is 0 Å². The van der Waals surface area contributed by atoms with Crippen molar-refractivity contribution in [2.24, 2.45) is 5.92 Å². The van der Waals surface area contributed by atoms with Crippen LogP contribution in [0, 0.1) is 24.7 Å². The largest absolute Gasteiger partial charge is 0.492 e. The number of carbonyl (C=O) groups is 4. The topological polar surface area (TPSA) is 160 Å². The van der Waals surface area contributed by atoms with E-state index in [2.05, 4.69) is 95.0 Å². The van der Waals surface area contributed by atoms with Crippen LogP contribution in [0.4, 0.5) is 4.79 Å². The number of allylic oxidation sites excluding steroid dienone is 1. The van der Waals surface area contributed by atoms with E-state index in [4.69, 9.17) is 14.2 Å². The first-order valence-corrected chi connectivity index (χ1v) is 24.3. The Morgan fingerprint density at radius 2 is 1.52 bits per heavy atom. The highest BCUT2D eigenvalue weighted by molar-refractivity contribution is 7.13. The van der Waals surface area contributed by atoms with Gasteiger partial charge in [0, 0.05) is 39.4 Å². The monoisotopic (exact) mass is 953 g/mol. The molecule has 0 bridgehead atoms. The maximum absolute atomic E-state index is 13.8. The van der Waals surface area contributed by atoms with Crippen LogP contribution >= 0.6 is 11.3 Å². The lowest BCUT2D eigenvalue weighted by molar-refractivity contribution is -0.143. The van der Waals surface area contributed by atoms with Crippen molar-refractivity contribution >= 4 is 46.3 Å². The van der Waals surface area contributed by atoms with Crippen LogP contribution in [-0.2, 0) is 30.4 Å². The molecule has 1 aliphatic heterocycles. The van der Waals surface area contributed by atoms with Gasteiger partial charge in [0.15, 0.2) is 0 Å². The van der Waals surface area contributed by atoms with Crippen LogP contribution in [0.1, 0.15) is 74.4 Å². The Kier molecular flexibility index (Phi) is 19.5. The van der Waals surface area contributed by atoms with Gasteiger partial charge in [-0.15, -0.1) is 17.3 Å². The zero-order valence-corrected chi connectivity index (χ0v) is 40.9. The highest BCUT2D eigenvalue weighted by Gasteiger charge is 2.42. The summed E-state index contributed by atoms with van der Waals surface area (Å²) in [5.41, 5.74) is 10.6. The number of rotatable bonds is 21. The minimum Gasteiger partial charge on any atom is -0.492 e. The summed E-state index contributed by atoms with van der Waals surface area (Å²) in [4.78, 5) is 60.8. The third-order valence-corrected chi connectivity index (χ3v) is 12.7. The lowest BCUT2D eigenvalue weighted by Gasteiger charge is -2.30. The first kappa shape index (κ1) is 51.6. The van der Waals surface area contributed by atoms with Crippen molar-refractivity contribution in [3.63, 3.8) is 0 Å². The summed E-state index contributed by atoms with van der Waals surface area (Å²) in [7, 11) is 1.65. The number of amides is 4. The van der Waals surface area contributed by atoms with Gasteiger partial charge in [-0.2, -0.15) is 0 Å². The number of nitrogens with zero attached hydrogens (tertiary/aromatic N) is 3. The van der Waals surface area contributed by atoms with E-state index in [0.29, 0.717) is 25.1 Å². The molecular formula is C55H63N5O8S. The predicted octanol–water partition coefficient (Wildman–Crippen LogP) is 8.15. The molecule has 6 rings (SSSR count). The Hall–Kier alpha value is -6.79. The van der Waals surface area contributed by atoms with Gasteiger partial charge in [-0.05, 0) is 70.4 Å². The number of hydrogen-bond donors (Lipinski definition) is 3. The second-order valence-corrected chi connectivity index (χ2v) is 18.0. The molecule has 13 nitrogen and oxygen atoms in total. The molecule has 69 heavy (non-hydrogen) atoms. The number of likely N-dealkylation sites (tertiary alicyclic amines) is 1. The van der Waals surface area contributed by atoms with Crippen molar-refractivity contribution in [3.05, 3.63) is 143 Å². The molecule has 14 heteroatoms. The van der Waals surface area contributed by atoms with Crippen molar-refractivity contribution in [1.82, 2.24) is 25.4 Å². The molecule has 0 aliphatic carbocycles. The van der Waals surface area contributed by atoms with Gasteiger partial charge in [0.25, 0.3) is 0 Å². The molecule has 3 N–H and O–H groups in total. The van der Waals surface area contributed by atoms with E-state index in [1.165, 1.54) is 26.5 Å². The van der Waals surface area contributed by atoms with E-state index < -0.39 is 36.1 Å². The second kappa shape index (κ2) is 26.1. The number of aliphatic hydroxyl groups excluding tert-OH is 1. The predicted molar refractivity (Wildman–Crippen MR) is 270 cm³/mol. The van der Waals surface area contributed by atoms with Gasteiger partial charge >= 0.3 is 6.09 Å². The Morgan fingerprint density at radius 3 is 2.16 bits per heavy atom. The fourth-order valence-corrected chi connectivity index (χ4v) is 8.84. The zero-order valence-electron chi connectivity index (χ0n) is 40.1. The average Bonchev–Trinajstić information content (AvgIpc) is 3.99. The van der Waals surface area contributed by atoms with Crippen molar-refractivity contribution in [2.75, 3.05) is 46.6 Å². The van der Waals surface area contributed by atoms with E-state index in [1.54, 1.807) is 32.2 Å². The van der Waals surface area contributed by atoms with E-state index >= 15 is 0 Å². The fraction of sp³-hybridized carbons (Fsp3) is 0.364. The number of benzene rings is 4. The molecule has 1 fully saturated rings. The number of aryl methyl sites for hydroxylation is 1. The molecule has 0 saturated carbocycles. The van der Waals surface area contributed by atoms with Gasteiger partial charge in [0.2, 0.25) is 17.7 Å². The summed E-state index contributed by atoms with van der Waals surface area (Å²) in [5.74, 6) is 5.02. The van der Waals surface area contributed by atoms with Crippen molar-refractivity contribution in [3.8, 4) is 28.0 Å². The average molecular weight is 954 g/mol. The normalized spacial score (nSPS) is 15.1. The third-order valence-electron chi connectivity index (χ3n) is 11.7. The zero-order chi connectivity index (χ0) is 49.1. The third kappa shape index (κ3) is 14.9. The van der Waals surface area contributed by atoms with Gasteiger partial charge in [-0.25, -0.2) is 9.78 Å². The summed E-state index contributed by atoms with van der Waals surface area (Å²) < 4.78 is 16.9. The number of hydrogen-bond acceptors (Lipinski definition) is 10. The molecule has 4 aromatic carbocycles. The van der Waals surface area contributed by atoms with E-state index in [9.17, 15) is 24.3 Å². The molecule has 2 heterocycles. The van der Waals surface area contributed by atoms with Gasteiger partial charge in [-0.3, -0.25) is 14.4 Å². The molecule has 1 aliphatic rings. The van der Waals surface area contributed by atoms with Crippen LogP contribution in [-0.4, -0.2) is 108 Å². The minimum absolute atomic E-state index is 0.0136. The van der Waals surface area contributed by atoms with Gasteiger partial charge in [0.1, 0.15) is 37.7 Å². The van der Waals surface area contributed by atoms with E-state index in [-0.39, 0.29) is 57.8 Å². The quantitative estimate of drug-likeness (QED) is 0.0375. The molecule has 4 amide bonds. The number of nitrogens with one attached hydrogen (secondary N) is 2. The highest BCUT2D eigenvalue weighted by Crippen LogP contribution is 2.35. The van der Waals surface area contributed by atoms with Gasteiger partial charge < -0.3 is 39.8 Å². The highest BCUT2D eigenvalue weighted by atomic mass is 32.1. The Labute approximate surface area is 409 Å². The molecule has 1 saturated heterocycles. The molecule has 362 valence electrons. The number of thiazole rings is 1. The van der Waals surface area contributed by atoms with Gasteiger partial charge in [0.05, 0.1) is 35.3 Å². The SMILES string of the molecule is CC/C(=C(\c1ccccc1)c1ccc(OCCN(C)C(=O)OCCC#CCCOCC(=O)N[C@H](C(=O)N2C[C@H](O)C[C@H]2C(=O)NCc2ccc(-c3scnc3C)cc2)C(C)C)cc1)c1ccccc1. The fourth-order valence-electron chi connectivity index (χ4n) is 8.03. The molecule has 0 unspecified atom stereocenters. The molecule has 1 aromatic heterocycles. The van der Waals surface area contributed by atoms with Crippen molar-refractivity contribution in [2.45, 2.75) is 78.1 Å². The lowest BCUT2D eigenvalue weighted by atomic mass is 9.88. The maximum Gasteiger partial charge on any atom is 0.409 e. The minimum atomic E-state index is -0.923. The molecule has 3 atom stereocenters. The number of aliphatic hydroxyl groups is 1. The summed E-state index contributed by atoms with van der Waals surface area (Å²) in [6.07, 6.45) is 0.303. The molecule has 5 aromatic rings. The number of carbonyl (C=O) groups excluding carboxylic acids is 4. The van der Waals surface area contributed by atoms with E-state index in [0.717, 1.165) is 39.2 Å². The van der Waals surface area contributed by atoms with E-state index in [1.807, 2.05) is 61.0 Å². The number of β-amino-alcohol motifs (C(OH)–C–C–N with tert-alkyl or cyclic N) is 1. The Morgan fingerprint density at radius 1 is 0.870 bits per heavy atom. The van der Waals surface area contributed by atoms with Crippen LogP contribution in [0.25, 0.3) is 21.6 Å². The number of aromatic nitrogens is 1. The Balaban J connectivity index is 0.859. The van der Waals surface area contributed by atoms with Crippen LogP contribution in [0.3, 0.4) is 0 Å². The van der Waals surface area contributed by atoms with Crippen LogP contribution in [0.15, 0.2) is 115 Å². The van der Waals surface area contributed by atoms with Gasteiger partial charge in [-0.1, -0.05) is 124 Å². The first-order chi connectivity index (χ1) is 33.4. The summed E-state index contributed by atoms with van der Waals surface area (Å²) >= 11 is 1.57. The first-order valence-electron chi connectivity index (χ1n) is 23.5. The summed E-state index contributed by atoms with van der Waals surface area (Å²) in [5, 5.41) is 16.2. The number of likely N-dealkylation sites (N-methyl/N-ethyl adjacent to an activating group) is 1. The standard InChI is InChI=1S/C55H63N5O8S/c1-6-47(41-17-11-9-12-18-41)50(42-19-13-10-14-20-42)43-25-27-46(28-26-43)67-32-29-59(5)55(65)68-31-16-8-7-15-30-66-36-49(62)58-51(38(2)3)54(64)60-35-45(61)33-48(60)53(63)56-34-40-21-23-44(24-22-40)52-39(4)57-37-69-52/h9-14,17-28,37-38,45,48,51,61H,6,15-16,29-36H2,1-5H3,(H,56,63)(H,58,62)/b50-47-/t45-,48+,51+/m1/s1. The Bertz CT molecular complexity index is 2550. The molecule has 0 radical (unpaired) electrons. The maximum atomic E-state index is 13.8.